The highest BCUT2D eigenvalue weighted by Crippen LogP contribution is 2.25. The van der Waals surface area contributed by atoms with Crippen molar-refractivity contribution in [3.05, 3.63) is 34.0 Å². The van der Waals surface area contributed by atoms with Crippen LogP contribution in [0, 0.1) is 0 Å². The van der Waals surface area contributed by atoms with Gasteiger partial charge in [0.1, 0.15) is 16.5 Å². The van der Waals surface area contributed by atoms with Gasteiger partial charge in [0.25, 0.3) is 0 Å². The van der Waals surface area contributed by atoms with Gasteiger partial charge in [0, 0.05) is 45.3 Å². The molecule has 0 bridgehead atoms. The third-order valence-electron chi connectivity index (χ3n) is 4.19. The molecule has 1 saturated heterocycles. The lowest BCUT2D eigenvalue weighted by molar-refractivity contribution is 0.248. The van der Waals surface area contributed by atoms with Gasteiger partial charge in [0.2, 0.25) is 0 Å². The summed E-state index contributed by atoms with van der Waals surface area (Å²) in [6.45, 7) is 6.59. The lowest BCUT2D eigenvalue weighted by Gasteiger charge is -2.35. The molecule has 1 fully saturated rings. The van der Waals surface area contributed by atoms with Gasteiger partial charge < -0.3 is 4.90 Å². The van der Waals surface area contributed by atoms with Crippen molar-refractivity contribution in [2.45, 2.75) is 19.9 Å². The van der Waals surface area contributed by atoms with E-state index < -0.39 is 0 Å². The average Bonchev–Trinajstić information content (AvgIpc) is 2.84. The summed E-state index contributed by atoms with van der Waals surface area (Å²) in [5.41, 5.74) is 2.23. The molecule has 23 heavy (non-hydrogen) atoms. The fourth-order valence-corrected chi connectivity index (χ4v) is 3.35. The van der Waals surface area contributed by atoms with Crippen LogP contribution in [-0.4, -0.2) is 50.8 Å². The molecule has 0 atom stereocenters. The van der Waals surface area contributed by atoms with Gasteiger partial charge in [0.15, 0.2) is 5.82 Å². The van der Waals surface area contributed by atoms with Crippen LogP contribution in [0.15, 0.2) is 12.5 Å². The number of halogens is 2. The van der Waals surface area contributed by atoms with Crippen LogP contribution < -0.4 is 4.90 Å². The number of anilines is 1. The fourth-order valence-electron chi connectivity index (χ4n) is 2.92. The van der Waals surface area contributed by atoms with E-state index in [0.717, 1.165) is 61.4 Å². The first-order chi connectivity index (χ1) is 11.1. The van der Waals surface area contributed by atoms with Crippen LogP contribution in [0.2, 0.25) is 10.2 Å². The van der Waals surface area contributed by atoms with Crippen LogP contribution in [0.1, 0.15) is 18.2 Å². The first-order valence-electron chi connectivity index (χ1n) is 7.73. The van der Waals surface area contributed by atoms with E-state index in [1.807, 2.05) is 7.05 Å². The summed E-state index contributed by atoms with van der Waals surface area (Å²) in [6.07, 6.45) is 4.07. The number of nitrogens with zero attached hydrogens (tertiary/aromatic N) is 6. The van der Waals surface area contributed by atoms with Gasteiger partial charge in [-0.3, -0.25) is 9.58 Å². The molecule has 0 amide bonds. The molecule has 0 aliphatic carbocycles. The summed E-state index contributed by atoms with van der Waals surface area (Å²) in [5, 5.41) is 5.82. The minimum absolute atomic E-state index is 0.601. The zero-order valence-corrected chi connectivity index (χ0v) is 14.8. The molecule has 3 heterocycles. The van der Waals surface area contributed by atoms with Crippen molar-refractivity contribution in [2.75, 3.05) is 31.1 Å². The molecule has 2 aromatic rings. The molecule has 1 aliphatic rings. The maximum absolute atomic E-state index is 6.39. The lowest BCUT2D eigenvalue weighted by atomic mass is 10.2. The standard InChI is InChI=1S/C15H20Cl2N6/c1-3-13-11(14(17)21(2)20-13)9-22-4-6-23(7-5-22)15-12(16)8-18-10-19-15/h8,10H,3-7,9H2,1-2H3. The van der Waals surface area contributed by atoms with Gasteiger partial charge in [-0.1, -0.05) is 30.1 Å². The molecule has 6 nitrogen and oxygen atoms in total. The number of hydrogen-bond acceptors (Lipinski definition) is 5. The van der Waals surface area contributed by atoms with E-state index in [0.29, 0.717) is 5.02 Å². The second-order valence-electron chi connectivity index (χ2n) is 5.65. The summed E-state index contributed by atoms with van der Waals surface area (Å²) >= 11 is 12.6. The number of hydrogen-bond donors (Lipinski definition) is 0. The molecule has 0 spiro atoms. The highest BCUT2D eigenvalue weighted by atomic mass is 35.5. The highest BCUT2D eigenvalue weighted by molar-refractivity contribution is 6.32. The monoisotopic (exact) mass is 354 g/mol. The van der Waals surface area contributed by atoms with Crippen LogP contribution in [0.5, 0.6) is 0 Å². The van der Waals surface area contributed by atoms with E-state index in [1.165, 1.54) is 6.33 Å². The third-order valence-corrected chi connectivity index (χ3v) is 4.93. The average molecular weight is 355 g/mol. The maximum atomic E-state index is 6.39. The minimum atomic E-state index is 0.601. The van der Waals surface area contributed by atoms with Crippen LogP contribution in [-0.2, 0) is 20.0 Å². The molecular formula is C15H20Cl2N6. The zero-order valence-electron chi connectivity index (χ0n) is 13.3. The summed E-state index contributed by atoms with van der Waals surface area (Å²) in [7, 11) is 1.89. The summed E-state index contributed by atoms with van der Waals surface area (Å²) in [6, 6.07) is 0. The Bertz CT molecular complexity index is 679. The van der Waals surface area contributed by atoms with Gasteiger partial charge in [-0.25, -0.2) is 9.97 Å². The SMILES string of the molecule is CCc1nn(C)c(Cl)c1CN1CCN(c2ncncc2Cl)CC1. The van der Waals surface area contributed by atoms with Crippen molar-refractivity contribution in [2.24, 2.45) is 7.05 Å². The Morgan fingerprint density at radius 1 is 1.17 bits per heavy atom. The van der Waals surface area contributed by atoms with Crippen LogP contribution in [0.4, 0.5) is 5.82 Å². The zero-order chi connectivity index (χ0) is 16.4. The van der Waals surface area contributed by atoms with E-state index in [9.17, 15) is 0 Å². The molecule has 124 valence electrons. The van der Waals surface area contributed by atoms with E-state index >= 15 is 0 Å². The van der Waals surface area contributed by atoms with E-state index in [1.54, 1.807) is 10.9 Å². The number of rotatable bonds is 4. The molecule has 0 saturated carbocycles. The Kier molecular flexibility index (Phi) is 5.04. The van der Waals surface area contributed by atoms with Gasteiger partial charge in [-0.2, -0.15) is 5.10 Å². The smallest absolute Gasteiger partial charge is 0.150 e. The topological polar surface area (TPSA) is 50.1 Å². The van der Waals surface area contributed by atoms with Gasteiger partial charge in [-0.05, 0) is 6.42 Å². The number of aryl methyl sites for hydroxylation is 2. The van der Waals surface area contributed by atoms with Crippen LogP contribution in [0.25, 0.3) is 0 Å². The Morgan fingerprint density at radius 3 is 2.57 bits per heavy atom. The van der Waals surface area contributed by atoms with Crippen molar-refractivity contribution >= 4 is 29.0 Å². The van der Waals surface area contributed by atoms with E-state index in [4.69, 9.17) is 23.2 Å². The molecule has 0 radical (unpaired) electrons. The molecule has 2 aromatic heterocycles. The third kappa shape index (κ3) is 3.44. The summed E-state index contributed by atoms with van der Waals surface area (Å²) < 4.78 is 1.76. The van der Waals surface area contributed by atoms with E-state index in [-0.39, 0.29) is 0 Å². The van der Waals surface area contributed by atoms with Gasteiger partial charge in [-0.15, -0.1) is 0 Å². The Balaban J connectivity index is 1.65. The predicted molar refractivity (Wildman–Crippen MR) is 92.1 cm³/mol. The number of piperazine rings is 1. The molecule has 0 unspecified atom stereocenters. The largest absolute Gasteiger partial charge is 0.353 e. The maximum Gasteiger partial charge on any atom is 0.150 e. The van der Waals surface area contributed by atoms with Crippen LogP contribution >= 0.6 is 23.2 Å². The molecule has 1 aliphatic heterocycles. The Hall–Kier alpha value is -1.37. The molecule has 3 rings (SSSR count). The highest BCUT2D eigenvalue weighted by Gasteiger charge is 2.22. The molecule has 0 aromatic carbocycles. The van der Waals surface area contributed by atoms with Crippen molar-refractivity contribution < 1.29 is 0 Å². The van der Waals surface area contributed by atoms with Crippen molar-refractivity contribution in [3.63, 3.8) is 0 Å². The van der Waals surface area contributed by atoms with Gasteiger partial charge >= 0.3 is 0 Å². The van der Waals surface area contributed by atoms with Crippen LogP contribution in [0.3, 0.4) is 0 Å². The quantitative estimate of drug-likeness (QED) is 0.843. The summed E-state index contributed by atoms with van der Waals surface area (Å²) in [4.78, 5) is 12.8. The minimum Gasteiger partial charge on any atom is -0.353 e. The first-order valence-corrected chi connectivity index (χ1v) is 8.48. The van der Waals surface area contributed by atoms with E-state index in [2.05, 4.69) is 31.8 Å². The second-order valence-corrected chi connectivity index (χ2v) is 6.42. The van der Waals surface area contributed by atoms with Crippen molar-refractivity contribution in [3.8, 4) is 0 Å². The first kappa shape index (κ1) is 16.5. The Labute approximate surface area is 146 Å². The number of aromatic nitrogens is 4. The summed E-state index contributed by atoms with van der Waals surface area (Å²) in [5.74, 6) is 0.815. The molecule has 8 heteroatoms. The molecule has 0 N–H and O–H groups in total. The molecular weight excluding hydrogens is 335 g/mol. The normalized spacial score (nSPS) is 16.1. The lowest BCUT2D eigenvalue weighted by Crippen LogP contribution is -2.46. The predicted octanol–water partition coefficient (Wildman–Crippen LogP) is 2.40. The van der Waals surface area contributed by atoms with Gasteiger partial charge in [0.05, 0.1) is 11.9 Å². The van der Waals surface area contributed by atoms with Crippen molar-refractivity contribution in [1.82, 2.24) is 24.6 Å². The Morgan fingerprint density at radius 2 is 1.91 bits per heavy atom. The van der Waals surface area contributed by atoms with Crippen molar-refractivity contribution in [1.29, 1.82) is 0 Å². The second kappa shape index (κ2) is 7.03. The fraction of sp³-hybridized carbons (Fsp3) is 0.533.